The lowest BCUT2D eigenvalue weighted by atomic mass is 10.2. The summed E-state index contributed by atoms with van der Waals surface area (Å²) in [6.45, 7) is 0.433. The number of thioether (sulfide) groups is 1. The van der Waals surface area contributed by atoms with Crippen molar-refractivity contribution in [3.05, 3.63) is 29.6 Å². The van der Waals surface area contributed by atoms with Crippen LogP contribution in [0, 0.1) is 5.82 Å². The van der Waals surface area contributed by atoms with E-state index < -0.39 is 17.3 Å². The van der Waals surface area contributed by atoms with Crippen molar-refractivity contribution < 1.29 is 23.9 Å². The molecule has 20 heavy (non-hydrogen) atoms. The largest absolute Gasteiger partial charge is 0.478 e. The number of halogens is 1. The number of carbonyl (C=O) groups is 3. The van der Waals surface area contributed by atoms with Crippen molar-refractivity contribution in [2.75, 3.05) is 12.3 Å². The summed E-state index contributed by atoms with van der Waals surface area (Å²) < 4.78 is 13.2. The molecule has 2 amide bonds. The molecule has 1 aromatic carbocycles. The van der Waals surface area contributed by atoms with Crippen molar-refractivity contribution >= 4 is 29.5 Å². The highest BCUT2D eigenvalue weighted by atomic mass is 32.2. The number of amides is 2. The Morgan fingerprint density at radius 3 is 2.75 bits per heavy atom. The van der Waals surface area contributed by atoms with Crippen LogP contribution < -0.4 is 0 Å². The molecule has 7 heteroatoms. The summed E-state index contributed by atoms with van der Waals surface area (Å²) in [5, 5.41) is 8.81. The number of hydrogen-bond donors (Lipinski definition) is 1. The quantitative estimate of drug-likeness (QED) is 0.857. The number of likely N-dealkylation sites (tertiary alicyclic amines) is 1. The van der Waals surface area contributed by atoms with Gasteiger partial charge in [0, 0.05) is 17.9 Å². The average molecular weight is 297 g/mol. The van der Waals surface area contributed by atoms with Crippen LogP contribution in [0.2, 0.25) is 0 Å². The SMILES string of the molecule is O=C(O)c1cc(SCC(=O)N2CCCC2=O)ccc1F. The number of imide groups is 1. The van der Waals surface area contributed by atoms with Gasteiger partial charge in [0.15, 0.2) is 0 Å². The Labute approximate surface area is 118 Å². The van der Waals surface area contributed by atoms with Gasteiger partial charge < -0.3 is 5.11 Å². The zero-order valence-electron chi connectivity index (χ0n) is 10.5. The molecule has 0 aliphatic carbocycles. The zero-order chi connectivity index (χ0) is 14.7. The van der Waals surface area contributed by atoms with E-state index in [1.165, 1.54) is 17.0 Å². The van der Waals surface area contributed by atoms with E-state index in [-0.39, 0.29) is 17.6 Å². The van der Waals surface area contributed by atoms with E-state index in [4.69, 9.17) is 5.11 Å². The fourth-order valence-electron chi connectivity index (χ4n) is 1.89. The number of hydrogen-bond acceptors (Lipinski definition) is 4. The lowest BCUT2D eigenvalue weighted by Gasteiger charge is -2.13. The van der Waals surface area contributed by atoms with Gasteiger partial charge >= 0.3 is 5.97 Å². The van der Waals surface area contributed by atoms with Crippen molar-refractivity contribution in [1.82, 2.24) is 4.90 Å². The Hall–Kier alpha value is -1.89. The Morgan fingerprint density at radius 2 is 2.15 bits per heavy atom. The molecule has 0 unspecified atom stereocenters. The van der Waals surface area contributed by atoms with Gasteiger partial charge in [-0.1, -0.05) is 0 Å². The molecule has 0 saturated carbocycles. The minimum Gasteiger partial charge on any atom is -0.478 e. The smallest absolute Gasteiger partial charge is 0.338 e. The van der Waals surface area contributed by atoms with Gasteiger partial charge in [0.25, 0.3) is 0 Å². The first-order chi connectivity index (χ1) is 9.49. The first kappa shape index (κ1) is 14.5. The Kier molecular flexibility index (Phi) is 4.39. The predicted molar refractivity (Wildman–Crippen MR) is 70.0 cm³/mol. The van der Waals surface area contributed by atoms with Gasteiger partial charge in [0.2, 0.25) is 11.8 Å². The second-order valence-electron chi connectivity index (χ2n) is 4.28. The second-order valence-corrected chi connectivity index (χ2v) is 5.33. The Balaban J connectivity index is 2.00. The third kappa shape index (κ3) is 3.16. The summed E-state index contributed by atoms with van der Waals surface area (Å²) in [6, 6.07) is 3.64. The first-order valence-electron chi connectivity index (χ1n) is 5.98. The summed E-state index contributed by atoms with van der Waals surface area (Å²) in [7, 11) is 0. The van der Waals surface area contributed by atoms with Crippen molar-refractivity contribution in [2.45, 2.75) is 17.7 Å². The molecule has 1 aliphatic heterocycles. The number of nitrogens with zero attached hydrogens (tertiary/aromatic N) is 1. The van der Waals surface area contributed by atoms with Crippen molar-refractivity contribution in [1.29, 1.82) is 0 Å². The van der Waals surface area contributed by atoms with Crippen LogP contribution in [0.3, 0.4) is 0 Å². The van der Waals surface area contributed by atoms with Gasteiger partial charge in [-0.15, -0.1) is 11.8 Å². The maximum Gasteiger partial charge on any atom is 0.338 e. The maximum atomic E-state index is 13.2. The Bertz CT molecular complexity index is 575. The molecule has 1 aliphatic rings. The lowest BCUT2D eigenvalue weighted by Crippen LogP contribution is -2.33. The summed E-state index contributed by atoms with van der Waals surface area (Å²) in [5.74, 6) is -2.63. The highest BCUT2D eigenvalue weighted by Crippen LogP contribution is 2.22. The molecule has 0 atom stereocenters. The molecular formula is C13H12FNO4S. The molecule has 1 saturated heterocycles. The first-order valence-corrected chi connectivity index (χ1v) is 6.96. The standard InChI is InChI=1S/C13H12FNO4S/c14-10-4-3-8(6-9(10)13(18)19)20-7-12(17)15-5-1-2-11(15)16/h3-4,6H,1-2,5,7H2,(H,18,19). The second kappa shape index (κ2) is 6.04. The molecule has 1 fully saturated rings. The highest BCUT2D eigenvalue weighted by Gasteiger charge is 2.26. The molecular weight excluding hydrogens is 285 g/mol. The van der Waals surface area contributed by atoms with Crippen LogP contribution in [-0.4, -0.2) is 40.1 Å². The van der Waals surface area contributed by atoms with Crippen LogP contribution in [0.1, 0.15) is 23.2 Å². The third-order valence-corrected chi connectivity index (χ3v) is 3.88. The molecule has 1 N–H and O–H groups in total. The summed E-state index contributed by atoms with van der Waals surface area (Å²) in [6.07, 6.45) is 1.06. The molecule has 1 heterocycles. The van der Waals surface area contributed by atoms with Gasteiger partial charge in [-0.2, -0.15) is 0 Å². The van der Waals surface area contributed by atoms with Gasteiger partial charge in [-0.05, 0) is 24.6 Å². The molecule has 0 bridgehead atoms. The summed E-state index contributed by atoms with van der Waals surface area (Å²) in [5.41, 5.74) is -0.431. The van der Waals surface area contributed by atoms with E-state index in [0.29, 0.717) is 24.3 Å². The van der Waals surface area contributed by atoms with Crippen molar-refractivity contribution in [3.63, 3.8) is 0 Å². The fraction of sp³-hybridized carbons (Fsp3) is 0.308. The predicted octanol–water partition coefficient (Wildman–Crippen LogP) is 1.77. The van der Waals surface area contributed by atoms with E-state index in [1.807, 2.05) is 0 Å². The van der Waals surface area contributed by atoms with E-state index in [1.54, 1.807) is 0 Å². The fourth-order valence-corrected chi connectivity index (χ4v) is 2.70. The number of benzene rings is 1. The van der Waals surface area contributed by atoms with Crippen LogP contribution in [0.15, 0.2) is 23.1 Å². The van der Waals surface area contributed by atoms with E-state index in [2.05, 4.69) is 0 Å². The van der Waals surface area contributed by atoms with Crippen molar-refractivity contribution in [3.8, 4) is 0 Å². The van der Waals surface area contributed by atoms with E-state index in [9.17, 15) is 18.8 Å². The van der Waals surface area contributed by atoms with Gasteiger partial charge in [0.1, 0.15) is 5.82 Å². The van der Waals surface area contributed by atoms with Crippen LogP contribution in [0.4, 0.5) is 4.39 Å². The number of carboxylic acid groups (broad SMARTS) is 1. The number of rotatable bonds is 4. The lowest BCUT2D eigenvalue weighted by molar-refractivity contribution is -0.140. The van der Waals surface area contributed by atoms with Crippen LogP contribution >= 0.6 is 11.8 Å². The normalized spacial score (nSPS) is 14.7. The minimum absolute atomic E-state index is 0.0242. The average Bonchev–Trinajstić information content (AvgIpc) is 2.83. The molecule has 0 aromatic heterocycles. The van der Waals surface area contributed by atoms with E-state index in [0.717, 1.165) is 17.8 Å². The molecule has 5 nitrogen and oxygen atoms in total. The van der Waals surface area contributed by atoms with Crippen LogP contribution in [0.5, 0.6) is 0 Å². The van der Waals surface area contributed by atoms with Gasteiger partial charge in [0.05, 0.1) is 11.3 Å². The van der Waals surface area contributed by atoms with Gasteiger partial charge in [-0.25, -0.2) is 9.18 Å². The third-order valence-electron chi connectivity index (χ3n) is 2.91. The summed E-state index contributed by atoms with van der Waals surface area (Å²) >= 11 is 1.08. The minimum atomic E-state index is -1.36. The topological polar surface area (TPSA) is 74.7 Å². The number of carbonyl (C=O) groups excluding carboxylic acids is 2. The molecule has 0 radical (unpaired) electrons. The molecule has 2 rings (SSSR count). The highest BCUT2D eigenvalue weighted by molar-refractivity contribution is 8.00. The van der Waals surface area contributed by atoms with Crippen LogP contribution in [-0.2, 0) is 9.59 Å². The van der Waals surface area contributed by atoms with Crippen molar-refractivity contribution in [2.24, 2.45) is 0 Å². The maximum absolute atomic E-state index is 13.2. The molecule has 0 spiro atoms. The zero-order valence-corrected chi connectivity index (χ0v) is 11.3. The van der Waals surface area contributed by atoms with Gasteiger partial charge in [-0.3, -0.25) is 14.5 Å². The van der Waals surface area contributed by atoms with Crippen LogP contribution in [0.25, 0.3) is 0 Å². The number of aromatic carboxylic acids is 1. The molecule has 106 valence electrons. The Morgan fingerprint density at radius 1 is 1.40 bits per heavy atom. The monoisotopic (exact) mass is 297 g/mol. The molecule has 1 aromatic rings. The number of carboxylic acids is 1. The summed E-state index contributed by atoms with van der Waals surface area (Å²) in [4.78, 5) is 35.7. The van der Waals surface area contributed by atoms with E-state index >= 15 is 0 Å².